The fourth-order valence-corrected chi connectivity index (χ4v) is 3.46. The number of aliphatic hydroxyl groups is 1. The molecule has 0 aromatic heterocycles. The minimum atomic E-state index is -0.254. The van der Waals surface area contributed by atoms with Crippen LogP contribution in [-0.4, -0.2) is 24.2 Å². The molecule has 3 N–H and O–H groups in total. The number of benzene rings is 2. The van der Waals surface area contributed by atoms with Crippen LogP contribution in [0.25, 0.3) is 0 Å². The zero-order valence-corrected chi connectivity index (χ0v) is 14.8. The molecular formula is C21H25FN2O2. The first-order valence-corrected chi connectivity index (χ1v) is 9.08. The van der Waals surface area contributed by atoms with E-state index in [1.54, 1.807) is 24.3 Å². The first-order valence-electron chi connectivity index (χ1n) is 9.08. The summed E-state index contributed by atoms with van der Waals surface area (Å²) in [5, 5.41) is 15.9. The third kappa shape index (κ3) is 4.61. The molecular weight excluding hydrogens is 331 g/mol. The van der Waals surface area contributed by atoms with Crippen molar-refractivity contribution < 1.29 is 14.3 Å². The van der Waals surface area contributed by atoms with Crippen LogP contribution in [0.2, 0.25) is 0 Å². The van der Waals surface area contributed by atoms with E-state index in [4.69, 9.17) is 0 Å². The molecule has 0 aliphatic heterocycles. The van der Waals surface area contributed by atoms with Gasteiger partial charge in [0.15, 0.2) is 0 Å². The van der Waals surface area contributed by atoms with E-state index in [0.717, 1.165) is 36.9 Å². The molecule has 0 radical (unpaired) electrons. The van der Waals surface area contributed by atoms with Crippen LogP contribution in [0.4, 0.5) is 10.1 Å². The number of aliphatic hydroxyl groups excluding tert-OH is 1. The summed E-state index contributed by atoms with van der Waals surface area (Å²) in [4.78, 5) is 12.5. The lowest BCUT2D eigenvalue weighted by Gasteiger charge is -2.26. The van der Waals surface area contributed by atoms with Gasteiger partial charge >= 0.3 is 0 Å². The molecule has 0 spiro atoms. The number of anilines is 1. The maximum absolute atomic E-state index is 12.9. The number of rotatable bonds is 7. The van der Waals surface area contributed by atoms with Crippen LogP contribution in [0.3, 0.4) is 0 Å². The van der Waals surface area contributed by atoms with Crippen molar-refractivity contribution in [2.45, 2.75) is 32.2 Å². The topological polar surface area (TPSA) is 61.4 Å². The number of carbonyl (C=O) groups excluding carboxylic acids is 1. The van der Waals surface area contributed by atoms with Crippen LogP contribution in [0.5, 0.6) is 0 Å². The van der Waals surface area contributed by atoms with Gasteiger partial charge in [-0.25, -0.2) is 4.39 Å². The van der Waals surface area contributed by atoms with Gasteiger partial charge in [0.25, 0.3) is 5.91 Å². The normalized spacial score (nSPS) is 15.6. The quantitative estimate of drug-likeness (QED) is 0.709. The summed E-state index contributed by atoms with van der Waals surface area (Å²) < 4.78 is 12.9. The van der Waals surface area contributed by atoms with Crippen molar-refractivity contribution in [2.75, 3.05) is 18.5 Å². The smallest absolute Gasteiger partial charge is 0.251 e. The lowest BCUT2D eigenvalue weighted by Crippen LogP contribution is -2.38. The molecule has 5 heteroatoms. The molecule has 3 rings (SSSR count). The molecule has 0 bridgehead atoms. The highest BCUT2D eigenvalue weighted by molar-refractivity contribution is 5.95. The average Bonchev–Trinajstić information content (AvgIpc) is 3.15. The molecule has 1 amide bonds. The summed E-state index contributed by atoms with van der Waals surface area (Å²) >= 11 is 0. The van der Waals surface area contributed by atoms with Crippen LogP contribution in [0.1, 0.15) is 41.6 Å². The van der Waals surface area contributed by atoms with Crippen molar-refractivity contribution in [3.63, 3.8) is 0 Å². The molecule has 0 heterocycles. The highest BCUT2D eigenvalue weighted by Crippen LogP contribution is 2.36. The van der Waals surface area contributed by atoms with E-state index in [-0.39, 0.29) is 23.7 Å². The highest BCUT2D eigenvalue weighted by atomic mass is 19.1. The molecule has 2 aromatic rings. The van der Waals surface area contributed by atoms with Crippen molar-refractivity contribution in [1.29, 1.82) is 0 Å². The summed E-state index contributed by atoms with van der Waals surface area (Å²) in [6, 6.07) is 13.6. The Morgan fingerprint density at radius 2 is 1.85 bits per heavy atom. The molecule has 0 unspecified atom stereocenters. The van der Waals surface area contributed by atoms with E-state index < -0.39 is 0 Å². The first kappa shape index (κ1) is 18.4. The Balaban J connectivity index is 1.57. The molecule has 1 fully saturated rings. The third-order valence-corrected chi connectivity index (χ3v) is 5.16. The first-order chi connectivity index (χ1) is 12.6. The molecule has 0 saturated heterocycles. The summed E-state index contributed by atoms with van der Waals surface area (Å²) in [6.45, 7) is 1.18. The second kappa shape index (κ2) is 8.32. The Morgan fingerprint density at radius 1 is 1.12 bits per heavy atom. The zero-order chi connectivity index (χ0) is 18.4. The average molecular weight is 356 g/mol. The Bertz CT molecular complexity index is 740. The summed E-state index contributed by atoms with van der Waals surface area (Å²) in [5.74, 6) is -0.384. The minimum absolute atomic E-state index is 0.118. The Hall–Kier alpha value is -2.40. The summed E-state index contributed by atoms with van der Waals surface area (Å²) in [7, 11) is 0. The lowest BCUT2D eigenvalue weighted by molar-refractivity contribution is 0.0880. The Morgan fingerprint density at radius 3 is 2.54 bits per heavy atom. The number of nitrogens with one attached hydrogen (secondary N) is 2. The molecule has 1 aliphatic rings. The van der Waals surface area contributed by atoms with E-state index in [0.29, 0.717) is 18.7 Å². The summed E-state index contributed by atoms with van der Waals surface area (Å²) in [6.07, 6.45) is 4.14. The van der Waals surface area contributed by atoms with Crippen molar-refractivity contribution >= 4 is 11.6 Å². The van der Waals surface area contributed by atoms with Gasteiger partial charge in [-0.2, -0.15) is 0 Å². The molecule has 4 nitrogen and oxygen atoms in total. The van der Waals surface area contributed by atoms with Gasteiger partial charge in [-0.3, -0.25) is 4.79 Å². The molecule has 2 aromatic carbocycles. The highest BCUT2D eigenvalue weighted by Gasteiger charge is 2.33. The van der Waals surface area contributed by atoms with Gasteiger partial charge in [-0.05, 0) is 48.7 Å². The van der Waals surface area contributed by atoms with Crippen LogP contribution in [-0.2, 0) is 6.54 Å². The molecule has 1 saturated carbocycles. The fourth-order valence-electron chi connectivity index (χ4n) is 3.46. The Labute approximate surface area is 153 Å². The van der Waals surface area contributed by atoms with E-state index >= 15 is 0 Å². The number of hydrogen-bond donors (Lipinski definition) is 3. The van der Waals surface area contributed by atoms with Crippen molar-refractivity contribution in [3.8, 4) is 0 Å². The third-order valence-electron chi connectivity index (χ3n) is 5.16. The summed E-state index contributed by atoms with van der Waals surface area (Å²) in [5.41, 5.74) is 2.22. The lowest BCUT2D eigenvalue weighted by atomic mass is 9.87. The SMILES string of the molecule is O=C(NCC1(CO)CCCC1)c1cccc(NCc2ccc(F)cc2)c1. The second-order valence-electron chi connectivity index (χ2n) is 7.11. The van der Waals surface area contributed by atoms with Gasteiger partial charge in [0.1, 0.15) is 5.82 Å². The largest absolute Gasteiger partial charge is 0.396 e. The van der Waals surface area contributed by atoms with Gasteiger partial charge in [0, 0.05) is 29.8 Å². The number of amides is 1. The molecule has 26 heavy (non-hydrogen) atoms. The van der Waals surface area contributed by atoms with Crippen molar-refractivity contribution in [1.82, 2.24) is 5.32 Å². The molecule has 0 atom stereocenters. The Kier molecular flexibility index (Phi) is 5.89. The van der Waals surface area contributed by atoms with E-state index in [9.17, 15) is 14.3 Å². The predicted octanol–water partition coefficient (Wildman–Crippen LogP) is 3.72. The number of halogens is 1. The van der Waals surface area contributed by atoms with Crippen LogP contribution >= 0.6 is 0 Å². The second-order valence-corrected chi connectivity index (χ2v) is 7.11. The van der Waals surface area contributed by atoms with Gasteiger partial charge in [-0.15, -0.1) is 0 Å². The van der Waals surface area contributed by atoms with Gasteiger partial charge in [0.2, 0.25) is 0 Å². The van der Waals surface area contributed by atoms with Crippen molar-refractivity contribution in [2.24, 2.45) is 5.41 Å². The fraction of sp³-hybridized carbons (Fsp3) is 0.381. The zero-order valence-electron chi connectivity index (χ0n) is 14.8. The van der Waals surface area contributed by atoms with Gasteiger partial charge in [-0.1, -0.05) is 31.0 Å². The van der Waals surface area contributed by atoms with E-state index in [2.05, 4.69) is 10.6 Å². The van der Waals surface area contributed by atoms with E-state index in [1.807, 2.05) is 12.1 Å². The number of carbonyl (C=O) groups is 1. The van der Waals surface area contributed by atoms with Gasteiger partial charge < -0.3 is 15.7 Å². The maximum atomic E-state index is 12.9. The molecule has 1 aliphatic carbocycles. The monoisotopic (exact) mass is 356 g/mol. The van der Waals surface area contributed by atoms with Crippen LogP contribution in [0, 0.1) is 11.2 Å². The van der Waals surface area contributed by atoms with Gasteiger partial charge in [0.05, 0.1) is 6.61 Å². The molecule has 138 valence electrons. The predicted molar refractivity (Wildman–Crippen MR) is 100 cm³/mol. The van der Waals surface area contributed by atoms with Crippen molar-refractivity contribution in [3.05, 3.63) is 65.5 Å². The minimum Gasteiger partial charge on any atom is -0.396 e. The van der Waals surface area contributed by atoms with E-state index in [1.165, 1.54) is 12.1 Å². The van der Waals surface area contributed by atoms with Crippen LogP contribution < -0.4 is 10.6 Å². The maximum Gasteiger partial charge on any atom is 0.251 e. The number of hydrogen-bond acceptors (Lipinski definition) is 3. The van der Waals surface area contributed by atoms with Crippen LogP contribution in [0.15, 0.2) is 48.5 Å². The standard InChI is InChI=1S/C21H25FN2O2/c22-18-8-6-16(7-9-18)13-23-19-5-3-4-17(12-19)20(26)24-14-21(15-25)10-1-2-11-21/h3-9,12,23,25H,1-2,10-11,13-15H2,(H,24,26).